The van der Waals surface area contributed by atoms with Gasteiger partial charge in [0.2, 0.25) is 0 Å². The van der Waals surface area contributed by atoms with E-state index >= 15 is 0 Å². The van der Waals surface area contributed by atoms with Crippen molar-refractivity contribution in [2.45, 2.75) is 0 Å². The zero-order chi connectivity index (χ0) is 12.9. The van der Waals surface area contributed by atoms with E-state index in [1.807, 2.05) is 42.5 Å². The third kappa shape index (κ3) is 2.73. The van der Waals surface area contributed by atoms with E-state index in [1.54, 1.807) is 17.5 Å². The van der Waals surface area contributed by atoms with Gasteiger partial charge < -0.3 is 0 Å². The third-order valence-electron chi connectivity index (χ3n) is 2.72. The molecule has 1 nitrogen and oxygen atoms in total. The van der Waals surface area contributed by atoms with Crippen LogP contribution in [0.2, 0.25) is 0 Å². The van der Waals surface area contributed by atoms with Crippen LogP contribution in [0.3, 0.4) is 0 Å². The Morgan fingerprint density at radius 3 is 2.58 bits per heavy atom. The molecule has 19 heavy (non-hydrogen) atoms. The van der Waals surface area contributed by atoms with Crippen LogP contribution < -0.4 is 0 Å². The molecule has 0 aliphatic carbocycles. The molecule has 0 saturated heterocycles. The summed E-state index contributed by atoms with van der Waals surface area (Å²) in [6.45, 7) is 0. The maximum atomic E-state index is 4.44. The van der Waals surface area contributed by atoms with Crippen molar-refractivity contribution in [3.05, 3.63) is 76.6 Å². The molecule has 2 aromatic heterocycles. The maximum Gasteiger partial charge on any atom is 0.0866 e. The van der Waals surface area contributed by atoms with Crippen molar-refractivity contribution < 1.29 is 0 Å². The molecule has 0 aliphatic rings. The van der Waals surface area contributed by atoms with Crippen LogP contribution in [-0.4, -0.2) is 4.98 Å². The minimum Gasteiger partial charge on any atom is -0.255 e. The van der Waals surface area contributed by atoms with Gasteiger partial charge in [-0.2, -0.15) is 11.3 Å². The molecule has 0 bridgehead atoms. The molecule has 0 fully saturated rings. The van der Waals surface area contributed by atoms with Crippen LogP contribution in [0.1, 0.15) is 11.1 Å². The Kier molecular flexibility index (Phi) is 3.40. The predicted octanol–water partition coefficient (Wildman–Crippen LogP) is 4.21. The highest BCUT2D eigenvalue weighted by Gasteiger charge is 2.03. The van der Waals surface area contributed by atoms with E-state index in [1.165, 1.54) is 0 Å². The zero-order valence-corrected chi connectivity index (χ0v) is 11.0. The lowest BCUT2D eigenvalue weighted by Gasteiger charge is -1.99. The van der Waals surface area contributed by atoms with Crippen molar-refractivity contribution in [3.8, 4) is 23.1 Å². The first-order valence-electron chi connectivity index (χ1n) is 5.98. The number of aromatic nitrogens is 1. The second-order valence-corrected chi connectivity index (χ2v) is 4.81. The molecule has 1 aromatic carbocycles. The van der Waals surface area contributed by atoms with Crippen LogP contribution in [0.25, 0.3) is 11.3 Å². The summed E-state index contributed by atoms with van der Waals surface area (Å²) in [7, 11) is 0. The summed E-state index contributed by atoms with van der Waals surface area (Å²) < 4.78 is 0. The summed E-state index contributed by atoms with van der Waals surface area (Å²) in [5.41, 5.74) is 4.06. The molecule has 2 heteroatoms. The Labute approximate surface area is 116 Å². The minimum atomic E-state index is 0.951. The Morgan fingerprint density at radius 2 is 1.79 bits per heavy atom. The number of benzene rings is 1. The van der Waals surface area contributed by atoms with Crippen molar-refractivity contribution in [2.24, 2.45) is 0 Å². The molecule has 0 aliphatic heterocycles. The number of rotatable bonds is 1. The van der Waals surface area contributed by atoms with Gasteiger partial charge in [0.1, 0.15) is 0 Å². The van der Waals surface area contributed by atoms with Crippen LogP contribution >= 0.6 is 11.3 Å². The second kappa shape index (κ2) is 5.51. The van der Waals surface area contributed by atoms with Crippen LogP contribution in [0.4, 0.5) is 0 Å². The fraction of sp³-hybridized carbons (Fsp3) is 0. The predicted molar refractivity (Wildman–Crippen MR) is 80.0 cm³/mol. The number of hydrogen-bond donors (Lipinski definition) is 0. The fourth-order valence-corrected chi connectivity index (χ4v) is 2.44. The minimum absolute atomic E-state index is 0.951. The van der Waals surface area contributed by atoms with Crippen LogP contribution in [0.5, 0.6) is 0 Å². The Bertz CT molecular complexity index is 719. The summed E-state index contributed by atoms with van der Waals surface area (Å²) >= 11 is 1.67. The molecule has 0 amide bonds. The van der Waals surface area contributed by atoms with E-state index in [0.717, 1.165) is 22.4 Å². The number of pyridine rings is 1. The standard InChI is InChI=1S/C17H11NS/c1-2-5-14(6-3-1)8-9-15-7-4-11-18-17(15)16-10-12-19-13-16/h1-7,10-13H. The van der Waals surface area contributed by atoms with E-state index in [0.29, 0.717) is 0 Å². The first-order valence-corrected chi connectivity index (χ1v) is 6.92. The van der Waals surface area contributed by atoms with Crippen molar-refractivity contribution in [2.75, 3.05) is 0 Å². The lowest BCUT2D eigenvalue weighted by atomic mass is 10.1. The molecule has 0 radical (unpaired) electrons. The first-order chi connectivity index (χ1) is 9.43. The van der Waals surface area contributed by atoms with E-state index in [4.69, 9.17) is 0 Å². The van der Waals surface area contributed by atoms with Gasteiger partial charge in [-0.25, -0.2) is 0 Å². The molecule has 0 atom stereocenters. The van der Waals surface area contributed by atoms with Gasteiger partial charge in [0.05, 0.1) is 11.3 Å². The van der Waals surface area contributed by atoms with Gasteiger partial charge in [0, 0.05) is 22.7 Å². The SMILES string of the molecule is C(#Cc1cccnc1-c1ccsc1)c1ccccc1. The zero-order valence-electron chi connectivity index (χ0n) is 10.2. The summed E-state index contributed by atoms with van der Waals surface area (Å²) in [6.07, 6.45) is 1.81. The highest BCUT2D eigenvalue weighted by molar-refractivity contribution is 7.08. The van der Waals surface area contributed by atoms with E-state index in [2.05, 4.69) is 33.7 Å². The monoisotopic (exact) mass is 261 g/mol. The van der Waals surface area contributed by atoms with E-state index in [-0.39, 0.29) is 0 Å². The molecule has 0 N–H and O–H groups in total. The smallest absolute Gasteiger partial charge is 0.0866 e. The quantitative estimate of drug-likeness (QED) is 0.598. The highest BCUT2D eigenvalue weighted by Crippen LogP contribution is 2.22. The van der Waals surface area contributed by atoms with Gasteiger partial charge in [0.15, 0.2) is 0 Å². The largest absolute Gasteiger partial charge is 0.255 e. The second-order valence-electron chi connectivity index (χ2n) is 4.03. The summed E-state index contributed by atoms with van der Waals surface area (Å²) in [5.74, 6) is 6.39. The van der Waals surface area contributed by atoms with Gasteiger partial charge in [0.25, 0.3) is 0 Å². The van der Waals surface area contributed by atoms with Crippen molar-refractivity contribution in [3.63, 3.8) is 0 Å². The third-order valence-corrected chi connectivity index (χ3v) is 3.40. The highest BCUT2D eigenvalue weighted by atomic mass is 32.1. The van der Waals surface area contributed by atoms with Gasteiger partial charge in [-0.05, 0) is 35.7 Å². The van der Waals surface area contributed by atoms with Crippen molar-refractivity contribution in [1.82, 2.24) is 4.98 Å². The molecular formula is C17H11NS. The fourth-order valence-electron chi connectivity index (χ4n) is 1.80. The van der Waals surface area contributed by atoms with Crippen molar-refractivity contribution >= 4 is 11.3 Å². The van der Waals surface area contributed by atoms with Crippen LogP contribution in [-0.2, 0) is 0 Å². The average molecular weight is 261 g/mol. The summed E-state index contributed by atoms with van der Waals surface area (Å²) in [5, 5.41) is 4.15. The molecule has 90 valence electrons. The average Bonchev–Trinajstić information content (AvgIpc) is 3.01. The number of nitrogens with zero attached hydrogens (tertiary/aromatic N) is 1. The van der Waals surface area contributed by atoms with Crippen molar-refractivity contribution in [1.29, 1.82) is 0 Å². The van der Waals surface area contributed by atoms with Crippen LogP contribution in [0.15, 0.2) is 65.5 Å². The Morgan fingerprint density at radius 1 is 0.895 bits per heavy atom. The summed E-state index contributed by atoms with van der Waals surface area (Å²) in [4.78, 5) is 4.44. The molecule has 0 unspecified atom stereocenters. The van der Waals surface area contributed by atoms with Gasteiger partial charge in [-0.1, -0.05) is 30.0 Å². The maximum absolute atomic E-state index is 4.44. The number of hydrogen-bond acceptors (Lipinski definition) is 2. The van der Waals surface area contributed by atoms with Gasteiger partial charge in [-0.3, -0.25) is 4.98 Å². The lowest BCUT2D eigenvalue weighted by Crippen LogP contribution is -1.86. The van der Waals surface area contributed by atoms with E-state index < -0.39 is 0 Å². The molecule has 3 aromatic rings. The number of thiophene rings is 1. The molecule has 0 saturated carbocycles. The normalized spacial score (nSPS) is 9.68. The summed E-state index contributed by atoms with van der Waals surface area (Å²) in [6, 6.07) is 16.0. The topological polar surface area (TPSA) is 12.9 Å². The molecular weight excluding hydrogens is 250 g/mol. The van der Waals surface area contributed by atoms with Gasteiger partial charge >= 0.3 is 0 Å². The first kappa shape index (κ1) is 11.7. The van der Waals surface area contributed by atoms with E-state index in [9.17, 15) is 0 Å². The molecule has 3 rings (SSSR count). The Balaban J connectivity index is 2.01. The Hall–Kier alpha value is -2.37. The van der Waals surface area contributed by atoms with Crippen LogP contribution in [0, 0.1) is 11.8 Å². The molecule has 0 spiro atoms. The lowest BCUT2D eigenvalue weighted by molar-refractivity contribution is 1.32. The molecule has 2 heterocycles. The van der Waals surface area contributed by atoms with Gasteiger partial charge in [-0.15, -0.1) is 0 Å².